The Balaban J connectivity index is 3.02. The lowest BCUT2D eigenvalue weighted by molar-refractivity contribution is -0.142. The Bertz CT molecular complexity index is 311. The summed E-state index contributed by atoms with van der Waals surface area (Å²) < 4.78 is 0.860. The zero-order valence-corrected chi connectivity index (χ0v) is 9.72. The first-order chi connectivity index (χ1) is 6.04. The van der Waals surface area contributed by atoms with E-state index in [-0.39, 0.29) is 0 Å². The van der Waals surface area contributed by atoms with Crippen molar-refractivity contribution in [2.75, 3.05) is 14.1 Å². The van der Waals surface area contributed by atoms with Crippen LogP contribution in [0.4, 0.5) is 0 Å². The van der Waals surface area contributed by atoms with Gasteiger partial charge in [0.1, 0.15) is 6.04 Å². The van der Waals surface area contributed by atoms with E-state index in [1.165, 1.54) is 11.3 Å². The van der Waals surface area contributed by atoms with Crippen LogP contribution < -0.4 is 0 Å². The van der Waals surface area contributed by atoms with E-state index in [0.717, 1.165) is 9.35 Å². The molecule has 1 rings (SSSR count). The lowest BCUT2D eigenvalue weighted by atomic mass is 10.2. The Hall–Kier alpha value is -0.390. The van der Waals surface area contributed by atoms with Crippen LogP contribution in [0, 0.1) is 0 Å². The average Bonchev–Trinajstić information content (AvgIpc) is 2.35. The molecule has 0 aliphatic rings. The van der Waals surface area contributed by atoms with E-state index in [9.17, 15) is 4.79 Å². The molecule has 1 aromatic rings. The van der Waals surface area contributed by atoms with Crippen LogP contribution in [0.2, 0.25) is 0 Å². The zero-order chi connectivity index (χ0) is 10.0. The molecule has 3 nitrogen and oxygen atoms in total. The van der Waals surface area contributed by atoms with Crippen LogP contribution in [0.1, 0.15) is 10.9 Å². The van der Waals surface area contributed by atoms with E-state index in [1.54, 1.807) is 19.0 Å². The highest BCUT2D eigenvalue weighted by molar-refractivity contribution is 9.10. The third-order valence-corrected chi connectivity index (χ3v) is 3.57. The second-order valence-corrected chi connectivity index (χ2v) is 4.64. The van der Waals surface area contributed by atoms with Gasteiger partial charge in [0.05, 0.1) is 0 Å². The van der Waals surface area contributed by atoms with Gasteiger partial charge in [-0.2, -0.15) is 0 Å². The molecule has 72 valence electrons. The third kappa shape index (κ3) is 2.30. The lowest BCUT2D eigenvalue weighted by Gasteiger charge is -2.18. The Morgan fingerprint density at radius 1 is 1.69 bits per heavy atom. The van der Waals surface area contributed by atoms with Crippen LogP contribution >= 0.6 is 27.3 Å². The number of carboxylic acid groups (broad SMARTS) is 1. The van der Waals surface area contributed by atoms with E-state index in [4.69, 9.17) is 5.11 Å². The molecular formula is C8H10BrNO2S. The van der Waals surface area contributed by atoms with Crippen LogP contribution in [-0.2, 0) is 4.79 Å². The molecule has 0 saturated heterocycles. The first-order valence-electron chi connectivity index (χ1n) is 3.66. The monoisotopic (exact) mass is 263 g/mol. The van der Waals surface area contributed by atoms with Gasteiger partial charge in [0, 0.05) is 9.35 Å². The van der Waals surface area contributed by atoms with E-state index in [1.807, 2.05) is 11.4 Å². The Kier molecular flexibility index (Phi) is 3.47. The first-order valence-corrected chi connectivity index (χ1v) is 5.33. The lowest BCUT2D eigenvalue weighted by Crippen LogP contribution is -2.26. The summed E-state index contributed by atoms with van der Waals surface area (Å²) in [4.78, 5) is 13.4. The molecule has 0 aliphatic carbocycles. The number of hydrogen-bond acceptors (Lipinski definition) is 3. The minimum atomic E-state index is -0.826. The molecule has 0 aromatic carbocycles. The number of rotatable bonds is 3. The van der Waals surface area contributed by atoms with Gasteiger partial charge in [-0.25, -0.2) is 0 Å². The van der Waals surface area contributed by atoms with Gasteiger partial charge in [-0.3, -0.25) is 9.69 Å². The molecule has 1 unspecified atom stereocenters. The summed E-state index contributed by atoms with van der Waals surface area (Å²) in [5.41, 5.74) is 0. The van der Waals surface area contributed by atoms with Gasteiger partial charge in [0.25, 0.3) is 0 Å². The maximum absolute atomic E-state index is 10.9. The number of nitrogens with zero attached hydrogens (tertiary/aromatic N) is 1. The number of carbonyl (C=O) groups is 1. The highest BCUT2D eigenvalue weighted by Crippen LogP contribution is 2.31. The van der Waals surface area contributed by atoms with Crippen molar-refractivity contribution in [3.63, 3.8) is 0 Å². The second kappa shape index (κ2) is 4.21. The number of aliphatic carboxylic acids is 1. The van der Waals surface area contributed by atoms with Gasteiger partial charge in [-0.05, 0) is 41.5 Å². The van der Waals surface area contributed by atoms with Gasteiger partial charge in [0.2, 0.25) is 0 Å². The van der Waals surface area contributed by atoms with E-state index < -0.39 is 12.0 Å². The van der Waals surface area contributed by atoms with Crippen LogP contribution in [0.15, 0.2) is 15.9 Å². The summed E-state index contributed by atoms with van der Waals surface area (Å²) in [6, 6.07) is 1.30. The molecule has 0 spiro atoms. The Morgan fingerprint density at radius 2 is 2.31 bits per heavy atom. The van der Waals surface area contributed by atoms with Crippen molar-refractivity contribution in [2.24, 2.45) is 0 Å². The van der Waals surface area contributed by atoms with E-state index in [2.05, 4.69) is 15.9 Å². The molecule has 13 heavy (non-hydrogen) atoms. The predicted molar refractivity (Wildman–Crippen MR) is 56.1 cm³/mol. The summed E-state index contributed by atoms with van der Waals surface area (Å²) >= 11 is 4.77. The highest BCUT2D eigenvalue weighted by atomic mass is 79.9. The molecule has 0 radical (unpaired) electrons. The summed E-state index contributed by atoms with van der Waals surface area (Å²) in [6.45, 7) is 0. The normalized spacial score (nSPS) is 13.2. The fraction of sp³-hybridized carbons (Fsp3) is 0.375. The third-order valence-electron chi connectivity index (χ3n) is 1.64. The van der Waals surface area contributed by atoms with Crippen molar-refractivity contribution in [3.05, 3.63) is 20.8 Å². The SMILES string of the molecule is CN(C)C(C(=O)O)c1sccc1Br. The summed E-state index contributed by atoms with van der Waals surface area (Å²) in [6.07, 6.45) is 0. The molecule has 5 heteroatoms. The van der Waals surface area contributed by atoms with Gasteiger partial charge in [0.15, 0.2) is 0 Å². The van der Waals surface area contributed by atoms with Gasteiger partial charge in [-0.1, -0.05) is 0 Å². The summed E-state index contributed by atoms with van der Waals surface area (Å²) in [5, 5.41) is 10.9. The number of carboxylic acids is 1. The van der Waals surface area contributed by atoms with Crippen molar-refractivity contribution < 1.29 is 9.90 Å². The van der Waals surface area contributed by atoms with Crippen LogP contribution in [0.5, 0.6) is 0 Å². The molecule has 1 aromatic heterocycles. The molecular weight excluding hydrogens is 254 g/mol. The number of thiophene rings is 1. The smallest absolute Gasteiger partial charge is 0.326 e. The molecule has 0 amide bonds. The molecule has 1 atom stereocenters. The fourth-order valence-corrected chi connectivity index (χ4v) is 2.84. The molecule has 1 heterocycles. The first kappa shape index (κ1) is 10.7. The number of likely N-dealkylation sites (N-methyl/N-ethyl adjacent to an activating group) is 1. The summed E-state index contributed by atoms with van der Waals surface area (Å²) in [5.74, 6) is -0.826. The van der Waals surface area contributed by atoms with Crippen molar-refractivity contribution in [1.29, 1.82) is 0 Å². The number of halogens is 1. The maximum Gasteiger partial charge on any atom is 0.326 e. The Morgan fingerprint density at radius 3 is 2.62 bits per heavy atom. The van der Waals surface area contributed by atoms with Crippen molar-refractivity contribution in [3.8, 4) is 0 Å². The fourth-order valence-electron chi connectivity index (χ4n) is 1.07. The van der Waals surface area contributed by atoms with Crippen LogP contribution in [-0.4, -0.2) is 30.1 Å². The van der Waals surface area contributed by atoms with Crippen molar-refractivity contribution in [2.45, 2.75) is 6.04 Å². The topological polar surface area (TPSA) is 40.5 Å². The Labute approximate surface area is 89.1 Å². The zero-order valence-electron chi connectivity index (χ0n) is 7.32. The molecule has 0 aliphatic heterocycles. The van der Waals surface area contributed by atoms with Gasteiger partial charge < -0.3 is 5.11 Å². The minimum Gasteiger partial charge on any atom is -0.480 e. The summed E-state index contributed by atoms with van der Waals surface area (Å²) in [7, 11) is 3.51. The van der Waals surface area contributed by atoms with Crippen molar-refractivity contribution >= 4 is 33.2 Å². The number of hydrogen-bond donors (Lipinski definition) is 1. The molecule has 0 bridgehead atoms. The van der Waals surface area contributed by atoms with Gasteiger partial charge in [-0.15, -0.1) is 11.3 Å². The molecule has 0 fully saturated rings. The average molecular weight is 264 g/mol. The predicted octanol–water partition coefficient (Wildman–Crippen LogP) is 2.20. The minimum absolute atomic E-state index is 0.561. The van der Waals surface area contributed by atoms with E-state index >= 15 is 0 Å². The van der Waals surface area contributed by atoms with E-state index in [0.29, 0.717) is 0 Å². The van der Waals surface area contributed by atoms with Crippen molar-refractivity contribution in [1.82, 2.24) is 4.90 Å². The van der Waals surface area contributed by atoms with Crippen LogP contribution in [0.3, 0.4) is 0 Å². The highest BCUT2D eigenvalue weighted by Gasteiger charge is 2.25. The quantitative estimate of drug-likeness (QED) is 0.909. The van der Waals surface area contributed by atoms with Crippen LogP contribution in [0.25, 0.3) is 0 Å². The molecule has 1 N–H and O–H groups in total. The standard InChI is InChI=1S/C8H10BrNO2S/c1-10(2)6(8(11)12)7-5(9)3-4-13-7/h3-4,6H,1-2H3,(H,11,12). The molecule has 0 saturated carbocycles. The maximum atomic E-state index is 10.9. The largest absolute Gasteiger partial charge is 0.480 e. The second-order valence-electron chi connectivity index (χ2n) is 2.84. The van der Waals surface area contributed by atoms with Gasteiger partial charge >= 0.3 is 5.97 Å².